The van der Waals surface area contributed by atoms with Gasteiger partial charge < -0.3 is 9.88 Å². The summed E-state index contributed by atoms with van der Waals surface area (Å²) >= 11 is 7.42. The standard InChI is InChI=1S/C18H15ClF2N4OS/c1-2-25-17(12-5-3-4-6-13(12)19)23-24-18(25)27-10-16(26)22-11-7-8-14(20)15(21)9-11/h3-9H,2,10H2,1H3,(H,22,26). The number of amides is 1. The van der Waals surface area contributed by atoms with E-state index in [0.717, 1.165) is 17.7 Å². The molecule has 0 unspecified atom stereocenters. The molecule has 5 nitrogen and oxygen atoms in total. The fourth-order valence-electron chi connectivity index (χ4n) is 2.42. The lowest BCUT2D eigenvalue weighted by Crippen LogP contribution is -2.15. The van der Waals surface area contributed by atoms with Gasteiger partial charge in [-0.3, -0.25) is 4.79 Å². The second-order valence-corrected chi connectivity index (χ2v) is 6.85. The highest BCUT2D eigenvalue weighted by molar-refractivity contribution is 7.99. The molecule has 3 aromatic rings. The molecule has 9 heteroatoms. The van der Waals surface area contributed by atoms with Crippen LogP contribution < -0.4 is 5.32 Å². The largest absolute Gasteiger partial charge is 0.325 e. The van der Waals surface area contributed by atoms with E-state index in [-0.39, 0.29) is 17.3 Å². The van der Waals surface area contributed by atoms with Crippen LogP contribution in [0, 0.1) is 11.6 Å². The predicted molar refractivity (Wildman–Crippen MR) is 102 cm³/mol. The van der Waals surface area contributed by atoms with Crippen molar-refractivity contribution in [3.8, 4) is 11.4 Å². The number of thioether (sulfide) groups is 1. The number of anilines is 1. The minimum absolute atomic E-state index is 0.0413. The molecule has 0 radical (unpaired) electrons. The van der Waals surface area contributed by atoms with Gasteiger partial charge in [-0.05, 0) is 31.2 Å². The van der Waals surface area contributed by atoms with E-state index in [0.29, 0.717) is 22.5 Å². The fourth-order valence-corrected chi connectivity index (χ4v) is 3.45. The maximum absolute atomic E-state index is 13.2. The molecule has 3 rings (SSSR count). The first-order valence-corrected chi connectivity index (χ1v) is 9.41. The number of rotatable bonds is 6. The van der Waals surface area contributed by atoms with Crippen LogP contribution in [0.2, 0.25) is 5.02 Å². The smallest absolute Gasteiger partial charge is 0.234 e. The molecule has 0 atom stereocenters. The second-order valence-electron chi connectivity index (χ2n) is 5.50. The summed E-state index contributed by atoms with van der Waals surface area (Å²) < 4.78 is 28.0. The van der Waals surface area contributed by atoms with E-state index < -0.39 is 11.6 Å². The minimum atomic E-state index is -1.02. The summed E-state index contributed by atoms with van der Waals surface area (Å²) in [4.78, 5) is 12.1. The normalized spacial score (nSPS) is 10.8. The Labute approximate surface area is 163 Å². The van der Waals surface area contributed by atoms with Gasteiger partial charge in [0.05, 0.1) is 10.8 Å². The lowest BCUT2D eigenvalue weighted by atomic mass is 10.2. The average molecular weight is 409 g/mol. The van der Waals surface area contributed by atoms with E-state index in [1.807, 2.05) is 29.7 Å². The zero-order valence-corrected chi connectivity index (χ0v) is 15.8. The quantitative estimate of drug-likeness (QED) is 0.604. The third kappa shape index (κ3) is 4.45. The summed E-state index contributed by atoms with van der Waals surface area (Å²) in [6, 6.07) is 10.5. The number of carbonyl (C=O) groups is 1. The van der Waals surface area contributed by atoms with Crippen molar-refractivity contribution in [1.29, 1.82) is 0 Å². The van der Waals surface area contributed by atoms with Crippen molar-refractivity contribution < 1.29 is 13.6 Å². The molecule has 0 aliphatic heterocycles. The van der Waals surface area contributed by atoms with Gasteiger partial charge in [0.2, 0.25) is 5.91 Å². The Hall–Kier alpha value is -2.45. The molecule has 0 bridgehead atoms. The Morgan fingerprint density at radius 2 is 1.96 bits per heavy atom. The van der Waals surface area contributed by atoms with Crippen molar-refractivity contribution in [3.63, 3.8) is 0 Å². The van der Waals surface area contributed by atoms with Crippen LogP contribution in [0.25, 0.3) is 11.4 Å². The Morgan fingerprint density at radius 3 is 2.67 bits per heavy atom. The topological polar surface area (TPSA) is 59.8 Å². The van der Waals surface area contributed by atoms with Gasteiger partial charge in [0.25, 0.3) is 0 Å². The van der Waals surface area contributed by atoms with Crippen LogP contribution in [0.1, 0.15) is 6.92 Å². The number of hydrogen-bond acceptors (Lipinski definition) is 4. The predicted octanol–water partition coefficient (Wildman–Crippen LogP) is 4.63. The SMILES string of the molecule is CCn1c(SCC(=O)Nc2ccc(F)c(F)c2)nnc1-c1ccccc1Cl. The van der Waals surface area contributed by atoms with Crippen LogP contribution in [-0.4, -0.2) is 26.4 Å². The van der Waals surface area contributed by atoms with Crippen LogP contribution in [-0.2, 0) is 11.3 Å². The maximum Gasteiger partial charge on any atom is 0.234 e. The number of nitrogens with one attached hydrogen (secondary N) is 1. The van der Waals surface area contributed by atoms with Gasteiger partial charge in [0, 0.05) is 23.9 Å². The highest BCUT2D eigenvalue weighted by Gasteiger charge is 2.16. The van der Waals surface area contributed by atoms with Crippen molar-refractivity contribution in [1.82, 2.24) is 14.8 Å². The Kier molecular flexibility index (Phi) is 6.08. The van der Waals surface area contributed by atoms with Crippen molar-refractivity contribution in [2.45, 2.75) is 18.6 Å². The molecule has 0 saturated heterocycles. The third-order valence-corrected chi connectivity index (χ3v) is 4.98. The van der Waals surface area contributed by atoms with E-state index in [1.54, 1.807) is 6.07 Å². The summed E-state index contributed by atoms with van der Waals surface area (Å²) in [6.07, 6.45) is 0. The molecule has 1 N–H and O–H groups in total. The zero-order chi connectivity index (χ0) is 19.4. The molecule has 1 aromatic heterocycles. The zero-order valence-electron chi connectivity index (χ0n) is 14.2. The van der Waals surface area contributed by atoms with Gasteiger partial charge in [0.15, 0.2) is 22.6 Å². The van der Waals surface area contributed by atoms with Crippen LogP contribution >= 0.6 is 23.4 Å². The van der Waals surface area contributed by atoms with Gasteiger partial charge in [-0.15, -0.1) is 10.2 Å². The van der Waals surface area contributed by atoms with Crippen molar-refractivity contribution >= 4 is 35.0 Å². The minimum Gasteiger partial charge on any atom is -0.325 e. The average Bonchev–Trinajstić information content (AvgIpc) is 3.06. The van der Waals surface area contributed by atoms with Crippen LogP contribution in [0.3, 0.4) is 0 Å². The van der Waals surface area contributed by atoms with E-state index >= 15 is 0 Å². The monoisotopic (exact) mass is 408 g/mol. The van der Waals surface area contributed by atoms with Gasteiger partial charge >= 0.3 is 0 Å². The van der Waals surface area contributed by atoms with Gasteiger partial charge in [0.1, 0.15) is 0 Å². The number of benzene rings is 2. The molecular weight excluding hydrogens is 394 g/mol. The van der Waals surface area contributed by atoms with E-state index in [2.05, 4.69) is 15.5 Å². The first-order valence-electron chi connectivity index (χ1n) is 8.05. The van der Waals surface area contributed by atoms with Crippen molar-refractivity contribution in [2.75, 3.05) is 11.1 Å². The van der Waals surface area contributed by atoms with Crippen LogP contribution in [0.15, 0.2) is 47.6 Å². The Balaban J connectivity index is 1.70. The van der Waals surface area contributed by atoms with Gasteiger partial charge in [-0.1, -0.05) is 35.5 Å². The fraction of sp³-hybridized carbons (Fsp3) is 0.167. The number of hydrogen-bond donors (Lipinski definition) is 1. The second kappa shape index (κ2) is 8.49. The molecule has 140 valence electrons. The lowest BCUT2D eigenvalue weighted by Gasteiger charge is -2.09. The molecule has 0 aliphatic rings. The summed E-state index contributed by atoms with van der Waals surface area (Å²) in [6.45, 7) is 2.54. The number of aromatic nitrogens is 3. The van der Waals surface area contributed by atoms with Crippen molar-refractivity contribution in [3.05, 3.63) is 59.1 Å². The van der Waals surface area contributed by atoms with Gasteiger partial charge in [-0.25, -0.2) is 8.78 Å². The van der Waals surface area contributed by atoms with Crippen LogP contribution in [0.5, 0.6) is 0 Å². The van der Waals surface area contributed by atoms with Crippen molar-refractivity contribution in [2.24, 2.45) is 0 Å². The van der Waals surface area contributed by atoms with E-state index in [1.165, 1.54) is 17.8 Å². The van der Waals surface area contributed by atoms with Crippen LogP contribution in [0.4, 0.5) is 14.5 Å². The molecule has 0 saturated carbocycles. The highest BCUT2D eigenvalue weighted by atomic mass is 35.5. The molecule has 0 fully saturated rings. The molecular formula is C18H15ClF2N4OS. The summed E-state index contributed by atoms with van der Waals surface area (Å²) in [5.74, 6) is -1.69. The number of halogens is 3. The third-order valence-electron chi connectivity index (χ3n) is 3.68. The summed E-state index contributed by atoms with van der Waals surface area (Å²) in [5.41, 5.74) is 0.944. The van der Waals surface area contributed by atoms with Gasteiger partial charge in [-0.2, -0.15) is 0 Å². The molecule has 1 heterocycles. The molecule has 27 heavy (non-hydrogen) atoms. The lowest BCUT2D eigenvalue weighted by molar-refractivity contribution is -0.113. The molecule has 2 aromatic carbocycles. The maximum atomic E-state index is 13.2. The van der Waals surface area contributed by atoms with E-state index in [4.69, 9.17) is 11.6 Å². The van der Waals surface area contributed by atoms with E-state index in [9.17, 15) is 13.6 Å². The highest BCUT2D eigenvalue weighted by Crippen LogP contribution is 2.29. The Morgan fingerprint density at radius 1 is 1.19 bits per heavy atom. The number of carbonyl (C=O) groups excluding carboxylic acids is 1. The first-order chi connectivity index (χ1) is 13.0. The molecule has 0 spiro atoms. The number of nitrogens with zero attached hydrogens (tertiary/aromatic N) is 3. The molecule has 0 aliphatic carbocycles. The first kappa shape index (κ1) is 19.3. The molecule has 1 amide bonds. The summed E-state index contributed by atoms with van der Waals surface area (Å²) in [7, 11) is 0. The Bertz CT molecular complexity index is 980. The summed E-state index contributed by atoms with van der Waals surface area (Å²) in [5, 5.41) is 12.0.